The van der Waals surface area contributed by atoms with Gasteiger partial charge in [0.15, 0.2) is 5.82 Å². The average Bonchev–Trinajstić information content (AvgIpc) is 3.48. The van der Waals surface area contributed by atoms with Crippen LogP contribution in [0, 0.1) is 13.8 Å². The fourth-order valence-corrected chi connectivity index (χ4v) is 5.85. The molecule has 3 aliphatic rings. The van der Waals surface area contributed by atoms with Crippen LogP contribution in [-0.2, 0) is 4.74 Å². The summed E-state index contributed by atoms with van der Waals surface area (Å²) in [4.78, 5) is 11.8. The molecule has 3 aromatic rings. The highest BCUT2D eigenvalue weighted by Crippen LogP contribution is 2.40. The third-order valence-electron chi connectivity index (χ3n) is 7.68. The summed E-state index contributed by atoms with van der Waals surface area (Å²) in [6.07, 6.45) is 7.08. The maximum atomic E-state index is 10.4. The Morgan fingerprint density at radius 3 is 2.47 bits per heavy atom. The Morgan fingerprint density at radius 1 is 1.06 bits per heavy atom. The number of aryl methyl sites for hydroxylation is 2. The molecule has 3 fully saturated rings. The Morgan fingerprint density at radius 2 is 1.79 bits per heavy atom. The van der Waals surface area contributed by atoms with Crippen molar-refractivity contribution in [2.24, 2.45) is 0 Å². The predicted molar refractivity (Wildman–Crippen MR) is 144 cm³/mol. The van der Waals surface area contributed by atoms with Crippen LogP contribution in [0.4, 0.5) is 5.82 Å². The van der Waals surface area contributed by atoms with E-state index in [-0.39, 0.29) is 27.0 Å². The van der Waals surface area contributed by atoms with Crippen molar-refractivity contribution in [3.63, 3.8) is 0 Å². The number of nitrogens with zero attached hydrogens (tertiary/aromatic N) is 5. The standard InChI is InChI=1S/C25H31N5O2.2H2S/c1-15-8-18-12-26-30(22(18)10-21(15)17-4-6-25(3,31)7-5-17)24-11-23(27-16(2)28-24)29-13-20-9-19(29)14-32-20;;/h8,10-12,17,19-20,31H,4-7,9,13-14H2,1-3H3;2*1H2. The first kappa shape index (κ1) is 25.3. The zero-order chi connectivity index (χ0) is 22.0. The highest BCUT2D eigenvalue weighted by atomic mass is 32.1. The third-order valence-corrected chi connectivity index (χ3v) is 7.68. The number of fused-ring (bicyclic) bond motifs is 3. The number of ether oxygens (including phenoxy) is 1. The van der Waals surface area contributed by atoms with Gasteiger partial charge in [0.1, 0.15) is 11.6 Å². The van der Waals surface area contributed by atoms with Crippen molar-refractivity contribution in [1.82, 2.24) is 19.7 Å². The molecule has 184 valence electrons. The third kappa shape index (κ3) is 4.43. The normalized spacial score (nSPS) is 28.1. The highest BCUT2D eigenvalue weighted by molar-refractivity contribution is 7.59. The molecule has 2 saturated heterocycles. The minimum absolute atomic E-state index is 0. The van der Waals surface area contributed by atoms with Crippen molar-refractivity contribution in [2.75, 3.05) is 18.1 Å². The average molecular weight is 502 g/mol. The molecular weight excluding hydrogens is 466 g/mol. The highest BCUT2D eigenvalue weighted by Gasteiger charge is 2.40. The fourth-order valence-electron chi connectivity index (χ4n) is 5.85. The molecular formula is C25H35N5O2S2. The molecule has 0 spiro atoms. The summed E-state index contributed by atoms with van der Waals surface area (Å²) in [5.74, 6) is 3.01. The Balaban J connectivity index is 0.00000137. The van der Waals surface area contributed by atoms with Gasteiger partial charge in [-0.2, -0.15) is 32.1 Å². The van der Waals surface area contributed by atoms with Crippen LogP contribution in [0.25, 0.3) is 16.7 Å². The smallest absolute Gasteiger partial charge is 0.159 e. The minimum atomic E-state index is -0.523. The van der Waals surface area contributed by atoms with Gasteiger partial charge in [-0.3, -0.25) is 0 Å². The maximum absolute atomic E-state index is 10.4. The van der Waals surface area contributed by atoms with E-state index in [1.165, 1.54) is 11.1 Å². The molecule has 0 radical (unpaired) electrons. The minimum Gasteiger partial charge on any atom is -0.390 e. The number of aromatic nitrogens is 4. The van der Waals surface area contributed by atoms with Gasteiger partial charge in [-0.05, 0) is 82.1 Å². The molecule has 2 atom stereocenters. The van der Waals surface area contributed by atoms with Gasteiger partial charge in [-0.1, -0.05) is 0 Å². The molecule has 2 bridgehead atoms. The van der Waals surface area contributed by atoms with Gasteiger partial charge in [-0.15, -0.1) is 0 Å². The largest absolute Gasteiger partial charge is 0.390 e. The molecule has 2 aromatic heterocycles. The van der Waals surface area contributed by atoms with E-state index >= 15 is 0 Å². The van der Waals surface area contributed by atoms with E-state index in [1.54, 1.807) is 0 Å². The summed E-state index contributed by atoms with van der Waals surface area (Å²) in [5.41, 5.74) is 3.23. The first-order chi connectivity index (χ1) is 15.4. The Bertz CT molecular complexity index is 1190. The molecule has 7 nitrogen and oxygen atoms in total. The van der Waals surface area contributed by atoms with Gasteiger partial charge in [0.05, 0.1) is 36.1 Å². The molecule has 1 aromatic carbocycles. The monoisotopic (exact) mass is 501 g/mol. The van der Waals surface area contributed by atoms with Gasteiger partial charge < -0.3 is 14.7 Å². The van der Waals surface area contributed by atoms with Gasteiger partial charge in [0.25, 0.3) is 0 Å². The fraction of sp³-hybridized carbons (Fsp3) is 0.560. The molecule has 0 amide bonds. The number of hydrogen-bond acceptors (Lipinski definition) is 6. The van der Waals surface area contributed by atoms with Crippen LogP contribution in [0.5, 0.6) is 0 Å². The number of anilines is 1. The molecule has 2 aliphatic heterocycles. The number of benzene rings is 1. The summed E-state index contributed by atoms with van der Waals surface area (Å²) in [7, 11) is 0. The Hall–Kier alpha value is -1.81. The van der Waals surface area contributed by atoms with Crippen molar-refractivity contribution < 1.29 is 9.84 Å². The van der Waals surface area contributed by atoms with Gasteiger partial charge in [-0.25, -0.2) is 14.6 Å². The van der Waals surface area contributed by atoms with E-state index in [4.69, 9.17) is 19.8 Å². The molecule has 2 unspecified atom stereocenters. The summed E-state index contributed by atoms with van der Waals surface area (Å²) in [6, 6.07) is 7.02. The van der Waals surface area contributed by atoms with E-state index in [2.05, 4.69) is 30.0 Å². The first-order valence-electron chi connectivity index (χ1n) is 11.8. The van der Waals surface area contributed by atoms with E-state index < -0.39 is 5.60 Å². The molecule has 1 aliphatic carbocycles. The van der Waals surface area contributed by atoms with E-state index in [1.807, 2.05) is 24.7 Å². The van der Waals surface area contributed by atoms with Gasteiger partial charge >= 0.3 is 0 Å². The van der Waals surface area contributed by atoms with Crippen molar-refractivity contribution in [2.45, 2.75) is 76.5 Å². The summed E-state index contributed by atoms with van der Waals surface area (Å²) >= 11 is 0. The molecule has 1 N–H and O–H groups in total. The predicted octanol–water partition coefficient (Wildman–Crippen LogP) is 4.04. The van der Waals surface area contributed by atoms with Gasteiger partial charge in [0, 0.05) is 18.0 Å². The zero-order valence-electron chi connectivity index (χ0n) is 20.1. The molecule has 6 rings (SSSR count). The lowest BCUT2D eigenvalue weighted by Gasteiger charge is -2.34. The second-order valence-electron chi connectivity index (χ2n) is 10.2. The lowest BCUT2D eigenvalue weighted by Crippen LogP contribution is -2.37. The second kappa shape index (κ2) is 9.33. The van der Waals surface area contributed by atoms with E-state index in [0.717, 1.165) is 73.6 Å². The summed E-state index contributed by atoms with van der Waals surface area (Å²) in [5, 5.41) is 16.2. The van der Waals surface area contributed by atoms with Crippen LogP contribution in [0.15, 0.2) is 24.4 Å². The second-order valence-corrected chi connectivity index (χ2v) is 10.2. The Labute approximate surface area is 214 Å². The SMILES string of the molecule is Cc1nc(N2CC3CC2CO3)cc(-n2ncc3cc(C)c(C4CCC(C)(O)CC4)cc32)n1.S.S. The van der Waals surface area contributed by atoms with Crippen LogP contribution < -0.4 is 4.90 Å². The molecule has 1 saturated carbocycles. The van der Waals surface area contributed by atoms with Crippen molar-refractivity contribution in [3.8, 4) is 5.82 Å². The number of aliphatic hydroxyl groups is 1. The van der Waals surface area contributed by atoms with E-state index in [0.29, 0.717) is 18.1 Å². The molecule has 4 heterocycles. The topological polar surface area (TPSA) is 76.3 Å². The van der Waals surface area contributed by atoms with Crippen LogP contribution >= 0.6 is 27.0 Å². The Kier molecular flexibility index (Phi) is 6.94. The van der Waals surface area contributed by atoms with E-state index in [9.17, 15) is 5.11 Å². The molecule has 9 heteroatoms. The summed E-state index contributed by atoms with van der Waals surface area (Å²) < 4.78 is 7.73. The number of morpholine rings is 1. The zero-order valence-corrected chi connectivity index (χ0v) is 22.1. The maximum Gasteiger partial charge on any atom is 0.159 e. The van der Waals surface area contributed by atoms with Gasteiger partial charge in [0.2, 0.25) is 0 Å². The van der Waals surface area contributed by atoms with Crippen LogP contribution in [0.2, 0.25) is 0 Å². The quantitative estimate of drug-likeness (QED) is 0.584. The summed E-state index contributed by atoms with van der Waals surface area (Å²) in [6.45, 7) is 7.78. The lowest BCUT2D eigenvalue weighted by molar-refractivity contribution is 0.0171. The van der Waals surface area contributed by atoms with Crippen molar-refractivity contribution >= 4 is 43.7 Å². The van der Waals surface area contributed by atoms with Crippen LogP contribution in [-0.4, -0.2) is 55.8 Å². The number of rotatable bonds is 3. The lowest BCUT2D eigenvalue weighted by atomic mass is 9.76. The van der Waals surface area contributed by atoms with Crippen LogP contribution in [0.1, 0.15) is 61.9 Å². The van der Waals surface area contributed by atoms with Crippen LogP contribution in [0.3, 0.4) is 0 Å². The van der Waals surface area contributed by atoms with Crippen molar-refractivity contribution in [1.29, 1.82) is 0 Å². The number of hydrogen-bond donors (Lipinski definition) is 1. The van der Waals surface area contributed by atoms with Crippen molar-refractivity contribution in [3.05, 3.63) is 41.3 Å². The first-order valence-corrected chi connectivity index (χ1v) is 11.8. The molecule has 34 heavy (non-hydrogen) atoms.